The number of carbonyl (C=O) groups excluding carboxylic acids is 3. The van der Waals surface area contributed by atoms with Gasteiger partial charge in [-0.1, -0.05) is 45.9 Å². The number of amides is 1. The molecular weight excluding hydrogens is 865 g/mol. The molecule has 1 unspecified atom stereocenters. The number of pyridine rings is 1. The molecule has 5 heterocycles. The number of aliphatic hydroxyl groups is 2. The molecule has 0 saturated carbocycles. The van der Waals surface area contributed by atoms with Crippen LogP contribution in [0.15, 0.2) is 36.5 Å². The molecule has 1 aromatic carbocycles. The Hall–Kier alpha value is -3.36. The van der Waals surface area contributed by atoms with Gasteiger partial charge in [0, 0.05) is 62.6 Å². The van der Waals surface area contributed by atoms with Gasteiger partial charge in [-0.05, 0) is 98.5 Å². The molecule has 67 heavy (non-hydrogen) atoms. The monoisotopic (exact) mass is 943 g/mol. The SMILES string of the molecule is CC[C@H]1OC(=O)[C@H](C)[C@@H](O[C@H]2C[C@@](C)(OC)C(OC(=O)NCCNCc3cnc4ccccc4c3)[C@H](C)O2)[C@H](C)[C@@H](O[C@@H]2O[C@H](C)C[C@H](N(C)C)[C@H]2O)[C@@](C)(O)C[C@@H](C)[C@H]2O[C@]1(C)C(=O)[C@H]2C. The van der Waals surface area contributed by atoms with E-state index in [0.29, 0.717) is 32.5 Å². The van der Waals surface area contributed by atoms with Gasteiger partial charge in [0.05, 0.1) is 47.6 Å². The molecule has 1 amide bonds. The number of hydrogen-bond acceptors (Lipinski definition) is 16. The number of fused-ring (bicyclic) bond motifs is 3. The van der Waals surface area contributed by atoms with Gasteiger partial charge in [0.1, 0.15) is 17.8 Å². The van der Waals surface area contributed by atoms with E-state index >= 15 is 0 Å². The van der Waals surface area contributed by atoms with E-state index < -0.39 is 102 Å². The van der Waals surface area contributed by atoms with Crippen molar-refractivity contribution in [3.8, 4) is 0 Å². The van der Waals surface area contributed by atoms with Crippen LogP contribution in [0.4, 0.5) is 4.79 Å². The summed E-state index contributed by atoms with van der Waals surface area (Å²) in [5.41, 5.74) is -2.23. The number of nitrogens with one attached hydrogen (secondary N) is 2. The molecule has 4 aliphatic rings. The van der Waals surface area contributed by atoms with Gasteiger partial charge in [0.15, 0.2) is 30.1 Å². The lowest BCUT2D eigenvalue weighted by atomic mass is 9.75. The van der Waals surface area contributed by atoms with Gasteiger partial charge in [-0.2, -0.15) is 0 Å². The number of ketones is 1. The van der Waals surface area contributed by atoms with E-state index in [1.165, 1.54) is 7.11 Å². The average molecular weight is 943 g/mol. The van der Waals surface area contributed by atoms with Crippen LogP contribution in [0.3, 0.4) is 0 Å². The number of para-hydroxylation sites is 1. The van der Waals surface area contributed by atoms with Gasteiger partial charge in [-0.15, -0.1) is 0 Å². The molecule has 376 valence electrons. The lowest BCUT2D eigenvalue weighted by molar-refractivity contribution is -0.317. The van der Waals surface area contributed by atoms with Crippen LogP contribution in [0.5, 0.6) is 0 Å². The highest BCUT2D eigenvalue weighted by Crippen LogP contribution is 2.45. The Balaban J connectivity index is 1.22. The number of carbonyl (C=O) groups is 3. The van der Waals surface area contributed by atoms with Gasteiger partial charge in [0.25, 0.3) is 0 Å². The smallest absolute Gasteiger partial charge is 0.407 e. The van der Waals surface area contributed by atoms with Gasteiger partial charge in [-0.3, -0.25) is 14.6 Å². The predicted octanol–water partition coefficient (Wildman–Crippen LogP) is 4.90. The number of cyclic esters (lactones) is 1. The number of aliphatic hydroxyl groups excluding tert-OH is 1. The zero-order valence-corrected chi connectivity index (χ0v) is 41.9. The molecule has 2 bridgehead atoms. The molecular formula is C50H78N4O13. The molecule has 2 aromatic rings. The fourth-order valence-corrected chi connectivity index (χ4v) is 11.1. The van der Waals surface area contributed by atoms with E-state index in [4.69, 9.17) is 37.9 Å². The lowest BCUT2D eigenvalue weighted by Gasteiger charge is -2.49. The molecule has 4 saturated heterocycles. The summed E-state index contributed by atoms with van der Waals surface area (Å²) in [7, 11) is 5.29. The number of likely N-dealkylation sites (N-methyl/N-ethyl adjacent to an activating group) is 1. The van der Waals surface area contributed by atoms with E-state index in [-0.39, 0.29) is 36.7 Å². The number of methoxy groups -OCH3 is 1. The van der Waals surface area contributed by atoms with E-state index in [1.54, 1.807) is 27.7 Å². The van der Waals surface area contributed by atoms with Crippen LogP contribution < -0.4 is 10.6 Å². The number of ether oxygens (including phenoxy) is 8. The van der Waals surface area contributed by atoms with E-state index in [9.17, 15) is 24.6 Å². The molecule has 4 fully saturated rings. The highest BCUT2D eigenvalue weighted by Gasteiger charge is 2.59. The van der Waals surface area contributed by atoms with Gasteiger partial charge in [0.2, 0.25) is 0 Å². The first-order valence-corrected chi connectivity index (χ1v) is 24.2. The maximum Gasteiger partial charge on any atom is 0.407 e. The zero-order chi connectivity index (χ0) is 49.2. The second-order valence-corrected chi connectivity index (χ2v) is 20.5. The summed E-state index contributed by atoms with van der Waals surface area (Å²) in [6, 6.07) is 9.70. The summed E-state index contributed by atoms with van der Waals surface area (Å²) >= 11 is 0. The van der Waals surface area contributed by atoms with Crippen LogP contribution in [0.1, 0.15) is 100 Å². The summed E-state index contributed by atoms with van der Waals surface area (Å²) in [5.74, 6) is -3.51. The Morgan fingerprint density at radius 1 is 0.970 bits per heavy atom. The van der Waals surface area contributed by atoms with Crippen LogP contribution in [0.25, 0.3) is 10.9 Å². The number of hydrogen-bond donors (Lipinski definition) is 4. The minimum atomic E-state index is -1.65. The second kappa shape index (κ2) is 21.7. The quantitative estimate of drug-likeness (QED) is 0.156. The molecule has 18 atom stereocenters. The minimum absolute atomic E-state index is 0.0844. The largest absolute Gasteiger partial charge is 0.459 e. The van der Waals surface area contributed by atoms with E-state index in [2.05, 4.69) is 21.7 Å². The summed E-state index contributed by atoms with van der Waals surface area (Å²) in [5, 5.41) is 31.7. The van der Waals surface area contributed by atoms with Crippen LogP contribution in [-0.4, -0.2) is 156 Å². The highest BCUT2D eigenvalue weighted by molar-refractivity contribution is 5.92. The Labute approximate surface area is 396 Å². The Bertz CT molecular complexity index is 2010. The third-order valence-corrected chi connectivity index (χ3v) is 14.9. The number of alkyl carbamates (subject to hydrolysis) is 1. The molecule has 4 N–H and O–H groups in total. The molecule has 1 aromatic heterocycles. The lowest BCUT2D eigenvalue weighted by Crippen LogP contribution is -2.61. The van der Waals surface area contributed by atoms with Gasteiger partial charge >= 0.3 is 12.1 Å². The zero-order valence-electron chi connectivity index (χ0n) is 41.9. The van der Waals surface area contributed by atoms with Crippen molar-refractivity contribution in [3.63, 3.8) is 0 Å². The van der Waals surface area contributed by atoms with Crippen molar-refractivity contribution >= 4 is 28.7 Å². The highest BCUT2D eigenvalue weighted by atomic mass is 16.7. The standard InChI is InChI=1S/C50H78N4O13/c1-14-37-50(10)42(56)29(4)40(67-50)27(2)23-48(8,59)43(65-46-39(55)36(54(11)12)21-28(3)61-46)30(5)41(31(6)45(57)63-37)64-38-24-49(9,60-13)44(32(7)62-38)66-47(58)52-20-19-51-25-33-22-34-17-15-16-18-35(34)53-26-33/h15-18,22,26-32,36-41,43-44,46,51,55,59H,14,19-21,23-25H2,1-13H3,(H,52,58)/t27-,28-,29+,30+,31-,32+,36+,37-,38+,39-,40-,41+,43-,44?,46+,48+,49-,50+/m1/s1. The topological polar surface area (TPSA) is 206 Å². The van der Waals surface area contributed by atoms with Gasteiger partial charge < -0.3 is 63.6 Å². The van der Waals surface area contributed by atoms with Crippen molar-refractivity contribution in [2.75, 3.05) is 34.3 Å². The number of Topliss-reactive ketones (excluding diaryl/α,β-unsaturated/α-hetero) is 1. The molecule has 4 aliphatic heterocycles. The van der Waals surface area contributed by atoms with Crippen LogP contribution in [0.2, 0.25) is 0 Å². The van der Waals surface area contributed by atoms with Crippen LogP contribution >= 0.6 is 0 Å². The molecule has 0 spiro atoms. The van der Waals surface area contributed by atoms with Crippen molar-refractivity contribution in [1.82, 2.24) is 20.5 Å². The number of esters is 1. The van der Waals surface area contributed by atoms with Crippen molar-refractivity contribution in [2.45, 2.75) is 186 Å². The number of nitrogens with zero attached hydrogens (tertiary/aromatic N) is 2. The molecule has 0 aliphatic carbocycles. The first kappa shape index (κ1) is 53.0. The summed E-state index contributed by atoms with van der Waals surface area (Å²) in [6.45, 7) is 19.3. The Morgan fingerprint density at radius 2 is 1.69 bits per heavy atom. The first-order chi connectivity index (χ1) is 31.5. The molecule has 0 radical (unpaired) electrons. The average Bonchev–Trinajstić information content (AvgIpc) is 3.52. The summed E-state index contributed by atoms with van der Waals surface area (Å²) < 4.78 is 51.3. The fourth-order valence-electron chi connectivity index (χ4n) is 11.1. The van der Waals surface area contributed by atoms with E-state index in [1.807, 2.05) is 91.0 Å². The Morgan fingerprint density at radius 3 is 2.37 bits per heavy atom. The normalized spacial score (nSPS) is 41.0. The maximum absolute atomic E-state index is 14.5. The fraction of sp³-hybridized carbons (Fsp3) is 0.760. The minimum Gasteiger partial charge on any atom is -0.459 e. The van der Waals surface area contributed by atoms with Crippen LogP contribution in [-0.2, 0) is 54.0 Å². The second-order valence-electron chi connectivity index (χ2n) is 20.5. The number of benzene rings is 1. The predicted molar refractivity (Wildman–Crippen MR) is 249 cm³/mol. The summed E-state index contributed by atoms with van der Waals surface area (Å²) in [4.78, 5) is 48.2. The number of rotatable bonds is 13. The molecule has 6 rings (SSSR count). The molecule has 17 heteroatoms. The van der Waals surface area contributed by atoms with Gasteiger partial charge in [-0.25, -0.2) is 4.79 Å². The molecule has 17 nitrogen and oxygen atoms in total. The third kappa shape index (κ3) is 11.6. The number of aromatic nitrogens is 1. The Kier molecular flexibility index (Phi) is 17.2. The van der Waals surface area contributed by atoms with Crippen molar-refractivity contribution in [3.05, 3.63) is 42.1 Å². The first-order valence-electron chi connectivity index (χ1n) is 24.2. The maximum atomic E-state index is 14.5. The van der Waals surface area contributed by atoms with Crippen molar-refractivity contribution in [2.24, 2.45) is 23.7 Å². The summed E-state index contributed by atoms with van der Waals surface area (Å²) in [6.07, 6.45) is -6.50. The van der Waals surface area contributed by atoms with E-state index in [0.717, 1.165) is 16.5 Å². The third-order valence-electron chi connectivity index (χ3n) is 14.9. The van der Waals surface area contributed by atoms with Crippen LogP contribution in [0, 0.1) is 23.7 Å². The van der Waals surface area contributed by atoms with Crippen molar-refractivity contribution < 1.29 is 62.5 Å². The van der Waals surface area contributed by atoms with Crippen molar-refractivity contribution in [1.29, 1.82) is 0 Å².